The van der Waals surface area contributed by atoms with Gasteiger partial charge in [0.05, 0.1) is 41.2 Å². The van der Waals surface area contributed by atoms with Crippen LogP contribution < -0.4 is 14.5 Å². The maximum Gasteiger partial charge on any atom is 0.241 e. The van der Waals surface area contributed by atoms with Crippen molar-refractivity contribution in [2.75, 3.05) is 23.0 Å². The van der Waals surface area contributed by atoms with Gasteiger partial charge in [-0.05, 0) is 68.1 Å². The molecule has 2 heterocycles. The van der Waals surface area contributed by atoms with Gasteiger partial charge in [-0.15, -0.1) is 0 Å². The first-order chi connectivity index (χ1) is 21.3. The maximum atomic E-state index is 14.5. The van der Waals surface area contributed by atoms with Crippen LogP contribution in [-0.2, 0) is 19.2 Å². The quantitative estimate of drug-likeness (QED) is 0.306. The molecule has 3 aromatic rings. The van der Waals surface area contributed by atoms with Gasteiger partial charge in [-0.25, -0.2) is 4.90 Å². The summed E-state index contributed by atoms with van der Waals surface area (Å²) in [4.78, 5) is 59.2. The van der Waals surface area contributed by atoms with E-state index in [1.54, 1.807) is 54.6 Å². The van der Waals surface area contributed by atoms with Gasteiger partial charge in [-0.3, -0.25) is 24.1 Å². The fourth-order valence-electron chi connectivity index (χ4n) is 8.03. The molecule has 3 aromatic carbocycles. The fourth-order valence-corrected chi connectivity index (χ4v) is 8.16. The van der Waals surface area contributed by atoms with Crippen molar-refractivity contribution in [3.05, 3.63) is 101 Å². The number of carbonyl (C=O) groups is 4. The zero-order chi connectivity index (χ0) is 30.7. The summed E-state index contributed by atoms with van der Waals surface area (Å²) in [5, 5.41) is 10.0. The van der Waals surface area contributed by atoms with Gasteiger partial charge in [0.15, 0.2) is 0 Å². The summed E-state index contributed by atoms with van der Waals surface area (Å²) in [6.45, 7) is 1.71. The molecular weight excluding hydrogens is 580 g/mol. The number of fused-ring (bicyclic) bond motifs is 4. The average Bonchev–Trinajstić information content (AvgIpc) is 3.40. The van der Waals surface area contributed by atoms with Crippen molar-refractivity contribution < 1.29 is 29.0 Å². The van der Waals surface area contributed by atoms with Crippen LogP contribution in [0.5, 0.6) is 5.75 Å². The Hall–Kier alpha value is -4.27. The summed E-state index contributed by atoms with van der Waals surface area (Å²) in [5.41, 5.74) is 1.37. The number of aliphatic hydroxyl groups excluding tert-OH is 1. The number of aliphatic hydroxyl groups is 1. The van der Waals surface area contributed by atoms with Crippen LogP contribution in [0.2, 0.25) is 5.02 Å². The monoisotopic (exact) mass is 610 g/mol. The number of ether oxygens (including phenoxy) is 1. The molecule has 0 spiro atoms. The number of benzene rings is 3. The molecule has 3 fully saturated rings. The minimum absolute atomic E-state index is 0.0586. The van der Waals surface area contributed by atoms with Gasteiger partial charge in [-0.1, -0.05) is 59.6 Å². The molecule has 44 heavy (non-hydrogen) atoms. The predicted molar refractivity (Wildman–Crippen MR) is 164 cm³/mol. The normalized spacial score (nSPS) is 29.3. The summed E-state index contributed by atoms with van der Waals surface area (Å²) in [5.74, 6) is -3.71. The van der Waals surface area contributed by atoms with Gasteiger partial charge >= 0.3 is 0 Å². The minimum Gasteiger partial charge on any atom is -0.491 e. The van der Waals surface area contributed by atoms with E-state index in [1.165, 1.54) is 9.80 Å². The highest BCUT2D eigenvalue weighted by molar-refractivity contribution is 6.31. The topological polar surface area (TPSA) is 104 Å². The molecule has 6 atom stereocenters. The molecule has 8 nitrogen and oxygen atoms in total. The van der Waals surface area contributed by atoms with Crippen molar-refractivity contribution in [1.82, 2.24) is 0 Å². The van der Waals surface area contributed by atoms with Crippen LogP contribution in [-0.4, -0.2) is 41.9 Å². The van der Waals surface area contributed by atoms with E-state index in [1.807, 2.05) is 37.3 Å². The van der Waals surface area contributed by atoms with Crippen molar-refractivity contribution in [2.45, 2.75) is 25.7 Å². The van der Waals surface area contributed by atoms with Crippen LogP contribution in [0, 0.1) is 29.1 Å². The lowest BCUT2D eigenvalue weighted by Gasteiger charge is -2.49. The Bertz CT molecular complexity index is 1710. The summed E-state index contributed by atoms with van der Waals surface area (Å²) in [6, 6.07) is 22.9. The lowest BCUT2D eigenvalue weighted by atomic mass is 9.51. The molecular formula is C35H31ClN2O6. The number of imide groups is 2. The minimum atomic E-state index is -1.18. The van der Waals surface area contributed by atoms with Gasteiger partial charge in [0.25, 0.3) is 0 Å². The third-order valence-corrected chi connectivity index (χ3v) is 10.2. The van der Waals surface area contributed by atoms with Crippen LogP contribution >= 0.6 is 11.6 Å². The van der Waals surface area contributed by atoms with Crippen molar-refractivity contribution in [3.8, 4) is 5.75 Å². The Kier molecular flexibility index (Phi) is 6.94. The van der Waals surface area contributed by atoms with Crippen molar-refractivity contribution >= 4 is 46.6 Å². The number of anilines is 2. The standard InChI is InChI=1S/C35H31ClN2O6/c1-35-27(32(41)38(34(35)43)21-7-3-2-4-8-21)19-26-23(30(35)24-9-5-6-10-28(24)44-18-17-39)15-16-25-29(26)33(42)37(31(25)40)22-13-11-20(36)12-14-22/h2-15,25-27,29-30,39H,16-19H2,1H3/t25-,26+,27-,29-,30+,35+/m0/s1. The SMILES string of the molecule is C[C@@]12C(=O)N(c3ccccc3)C(=O)[C@@H]1C[C@@H]1C(=CC[C@@H]3C(=O)N(c4ccc(Cl)cc4)C(=O)[C@@H]31)[C@@H]2c1ccccc1OCCO. The summed E-state index contributed by atoms with van der Waals surface area (Å²) in [7, 11) is 0. The number of hydrogen-bond acceptors (Lipinski definition) is 6. The van der Waals surface area contributed by atoms with Crippen molar-refractivity contribution in [2.24, 2.45) is 29.1 Å². The zero-order valence-electron chi connectivity index (χ0n) is 24.1. The summed E-state index contributed by atoms with van der Waals surface area (Å²) in [6.07, 6.45) is 2.62. The van der Waals surface area contributed by atoms with E-state index in [4.69, 9.17) is 16.3 Å². The predicted octanol–water partition coefficient (Wildman–Crippen LogP) is 5.15. The Morgan fingerprint density at radius 1 is 0.841 bits per heavy atom. The van der Waals surface area contributed by atoms with Crippen LogP contribution in [0.15, 0.2) is 90.5 Å². The smallest absolute Gasteiger partial charge is 0.241 e. The number of nitrogens with zero attached hydrogens (tertiary/aromatic N) is 2. The molecule has 0 radical (unpaired) electrons. The molecule has 1 N–H and O–H groups in total. The molecule has 2 saturated heterocycles. The first-order valence-corrected chi connectivity index (χ1v) is 15.2. The van der Waals surface area contributed by atoms with Crippen molar-refractivity contribution in [1.29, 1.82) is 0 Å². The van der Waals surface area contributed by atoms with Crippen molar-refractivity contribution in [3.63, 3.8) is 0 Å². The second-order valence-corrected chi connectivity index (χ2v) is 12.5. The largest absolute Gasteiger partial charge is 0.491 e. The molecule has 2 aliphatic carbocycles. The molecule has 4 amide bonds. The van der Waals surface area contributed by atoms with Crippen LogP contribution in [0.25, 0.3) is 0 Å². The number of para-hydroxylation sites is 2. The lowest BCUT2D eigenvalue weighted by molar-refractivity contribution is -0.131. The van der Waals surface area contributed by atoms with Gasteiger partial charge in [0.2, 0.25) is 23.6 Å². The highest BCUT2D eigenvalue weighted by Crippen LogP contribution is 2.64. The highest BCUT2D eigenvalue weighted by Gasteiger charge is 2.68. The number of allylic oxidation sites excluding steroid dienone is 2. The molecule has 4 aliphatic rings. The van der Waals surface area contributed by atoms with E-state index in [-0.39, 0.29) is 43.3 Å². The molecule has 2 aliphatic heterocycles. The number of carbonyl (C=O) groups excluding carboxylic acids is 4. The molecule has 9 heteroatoms. The molecule has 7 rings (SSSR count). The Morgan fingerprint density at radius 3 is 2.25 bits per heavy atom. The summed E-state index contributed by atoms with van der Waals surface area (Å²) < 4.78 is 5.97. The lowest BCUT2D eigenvalue weighted by Crippen LogP contribution is -2.49. The van der Waals surface area contributed by atoms with Gasteiger partial charge < -0.3 is 9.84 Å². The molecule has 0 unspecified atom stereocenters. The van der Waals surface area contributed by atoms with E-state index in [0.717, 1.165) is 5.57 Å². The van der Waals surface area contributed by atoms with E-state index in [9.17, 15) is 24.3 Å². The van der Waals surface area contributed by atoms with Gasteiger partial charge in [0.1, 0.15) is 12.4 Å². The third-order valence-electron chi connectivity index (χ3n) is 9.95. The van der Waals surface area contributed by atoms with Crippen LogP contribution in [0.3, 0.4) is 0 Å². The Labute approximate surface area is 259 Å². The van der Waals surface area contributed by atoms with E-state index < -0.39 is 35.0 Å². The van der Waals surface area contributed by atoms with Gasteiger partial charge in [0, 0.05) is 16.5 Å². The van der Waals surface area contributed by atoms with Gasteiger partial charge in [-0.2, -0.15) is 0 Å². The zero-order valence-corrected chi connectivity index (χ0v) is 24.8. The Balaban J connectivity index is 1.37. The van der Waals surface area contributed by atoms with E-state index >= 15 is 0 Å². The molecule has 1 saturated carbocycles. The molecule has 0 bridgehead atoms. The first-order valence-electron chi connectivity index (χ1n) is 14.9. The average molecular weight is 611 g/mol. The van der Waals surface area contributed by atoms with E-state index in [2.05, 4.69) is 0 Å². The molecule has 224 valence electrons. The highest BCUT2D eigenvalue weighted by atomic mass is 35.5. The maximum absolute atomic E-state index is 14.5. The number of amides is 4. The first kappa shape index (κ1) is 28.5. The molecule has 0 aromatic heterocycles. The number of hydrogen-bond donors (Lipinski definition) is 1. The second-order valence-electron chi connectivity index (χ2n) is 12.1. The van der Waals surface area contributed by atoms with E-state index in [0.29, 0.717) is 34.1 Å². The summed E-state index contributed by atoms with van der Waals surface area (Å²) >= 11 is 6.08. The third kappa shape index (κ3) is 4.08. The van der Waals surface area contributed by atoms with Crippen LogP contribution in [0.1, 0.15) is 31.2 Å². The van der Waals surface area contributed by atoms with Crippen LogP contribution in [0.4, 0.5) is 11.4 Å². The number of rotatable bonds is 6. The number of halogens is 1. The fraction of sp³-hybridized carbons (Fsp3) is 0.314. The Morgan fingerprint density at radius 2 is 1.52 bits per heavy atom. The second kappa shape index (κ2) is 10.7.